The van der Waals surface area contributed by atoms with Gasteiger partial charge in [-0.1, -0.05) is 19.1 Å². The Hall–Kier alpha value is -2.24. The van der Waals surface area contributed by atoms with Crippen LogP contribution in [-0.2, 0) is 0 Å². The molecule has 0 spiro atoms. The summed E-state index contributed by atoms with van der Waals surface area (Å²) >= 11 is 0. The van der Waals surface area contributed by atoms with Crippen molar-refractivity contribution in [2.45, 2.75) is 19.8 Å². The van der Waals surface area contributed by atoms with E-state index in [2.05, 4.69) is 27.5 Å². The minimum atomic E-state index is 0.108. The van der Waals surface area contributed by atoms with Crippen LogP contribution in [0.1, 0.15) is 30.1 Å². The van der Waals surface area contributed by atoms with Gasteiger partial charge in [-0.2, -0.15) is 5.21 Å². The normalized spacial score (nSPS) is 16.4. The van der Waals surface area contributed by atoms with Crippen LogP contribution in [0, 0.1) is 5.92 Å². The molecule has 0 unspecified atom stereocenters. The summed E-state index contributed by atoms with van der Waals surface area (Å²) in [5.74, 6) is 1.37. The molecule has 0 saturated carbocycles. The van der Waals surface area contributed by atoms with Gasteiger partial charge in [-0.25, -0.2) is 0 Å². The number of nitrogens with zero attached hydrogens (tertiary/aromatic N) is 4. The van der Waals surface area contributed by atoms with Crippen molar-refractivity contribution in [3.63, 3.8) is 0 Å². The van der Waals surface area contributed by atoms with Gasteiger partial charge in [-0.3, -0.25) is 4.79 Å². The Labute approximate surface area is 117 Å². The summed E-state index contributed by atoms with van der Waals surface area (Å²) in [6.45, 7) is 3.95. The van der Waals surface area contributed by atoms with E-state index < -0.39 is 0 Å². The highest BCUT2D eigenvalue weighted by molar-refractivity contribution is 5.94. The summed E-state index contributed by atoms with van der Waals surface area (Å²) in [6, 6.07) is 7.35. The number of likely N-dealkylation sites (tertiary alicyclic amines) is 1. The van der Waals surface area contributed by atoms with E-state index in [0.29, 0.717) is 11.4 Å². The van der Waals surface area contributed by atoms with Crippen LogP contribution in [0.5, 0.6) is 0 Å². The maximum absolute atomic E-state index is 12.4. The standard InChI is InChI=1S/C14H17N5O/c1-10-6-8-19(9-7-10)14(20)12-4-2-11(3-5-12)13-15-17-18-16-13/h2-5,10H,6-9H2,1H3,(H,15,16,17,18). The second-order valence-electron chi connectivity index (χ2n) is 5.29. The number of hydrogen-bond donors (Lipinski definition) is 1. The van der Waals surface area contributed by atoms with Crippen molar-refractivity contribution >= 4 is 5.91 Å². The second-order valence-corrected chi connectivity index (χ2v) is 5.29. The Morgan fingerprint density at radius 2 is 1.95 bits per heavy atom. The van der Waals surface area contributed by atoms with E-state index >= 15 is 0 Å². The van der Waals surface area contributed by atoms with Gasteiger partial charge in [0.15, 0.2) is 0 Å². The summed E-state index contributed by atoms with van der Waals surface area (Å²) in [6.07, 6.45) is 2.18. The van der Waals surface area contributed by atoms with Gasteiger partial charge < -0.3 is 4.90 Å². The highest BCUT2D eigenvalue weighted by Crippen LogP contribution is 2.19. The van der Waals surface area contributed by atoms with Gasteiger partial charge in [0.05, 0.1) is 0 Å². The number of aromatic amines is 1. The summed E-state index contributed by atoms with van der Waals surface area (Å²) in [5.41, 5.74) is 1.56. The summed E-state index contributed by atoms with van der Waals surface area (Å²) in [4.78, 5) is 14.3. The highest BCUT2D eigenvalue weighted by Gasteiger charge is 2.21. The van der Waals surface area contributed by atoms with Crippen molar-refractivity contribution in [3.05, 3.63) is 29.8 Å². The lowest BCUT2D eigenvalue weighted by Crippen LogP contribution is -2.37. The summed E-state index contributed by atoms with van der Waals surface area (Å²) in [7, 11) is 0. The van der Waals surface area contributed by atoms with Gasteiger partial charge in [0.25, 0.3) is 5.91 Å². The average molecular weight is 271 g/mol. The van der Waals surface area contributed by atoms with E-state index in [9.17, 15) is 4.79 Å². The van der Waals surface area contributed by atoms with Crippen LogP contribution in [0.15, 0.2) is 24.3 Å². The lowest BCUT2D eigenvalue weighted by Gasteiger charge is -2.30. The van der Waals surface area contributed by atoms with Crippen molar-refractivity contribution in [3.8, 4) is 11.4 Å². The molecule has 0 bridgehead atoms. The molecule has 104 valence electrons. The molecule has 1 aromatic carbocycles. The fourth-order valence-corrected chi connectivity index (χ4v) is 2.44. The number of tetrazole rings is 1. The number of carbonyl (C=O) groups excluding carboxylic acids is 1. The molecule has 6 heteroatoms. The largest absolute Gasteiger partial charge is 0.339 e. The number of nitrogens with one attached hydrogen (secondary N) is 1. The number of hydrogen-bond acceptors (Lipinski definition) is 4. The maximum atomic E-state index is 12.4. The molecule has 6 nitrogen and oxygen atoms in total. The van der Waals surface area contributed by atoms with Gasteiger partial charge in [-0.05, 0) is 36.1 Å². The number of benzene rings is 1. The molecule has 20 heavy (non-hydrogen) atoms. The number of rotatable bonds is 2. The zero-order valence-corrected chi connectivity index (χ0v) is 11.4. The molecule has 0 radical (unpaired) electrons. The topological polar surface area (TPSA) is 74.8 Å². The molecule has 1 fully saturated rings. The highest BCUT2D eigenvalue weighted by atomic mass is 16.2. The molecule has 1 aliphatic heterocycles. The van der Waals surface area contributed by atoms with Crippen molar-refractivity contribution in [1.29, 1.82) is 0 Å². The molecule has 1 aromatic heterocycles. The fourth-order valence-electron chi connectivity index (χ4n) is 2.44. The molecule has 1 saturated heterocycles. The van der Waals surface area contributed by atoms with E-state index in [0.717, 1.165) is 37.4 Å². The Kier molecular flexibility index (Phi) is 3.45. The number of aromatic nitrogens is 4. The minimum absolute atomic E-state index is 0.108. The first-order valence-corrected chi connectivity index (χ1v) is 6.87. The van der Waals surface area contributed by atoms with Gasteiger partial charge in [-0.15, -0.1) is 10.2 Å². The lowest BCUT2D eigenvalue weighted by atomic mass is 9.98. The zero-order valence-electron chi connectivity index (χ0n) is 11.4. The lowest BCUT2D eigenvalue weighted by molar-refractivity contribution is 0.0697. The predicted octanol–water partition coefficient (Wildman–Crippen LogP) is 1.74. The van der Waals surface area contributed by atoms with Crippen molar-refractivity contribution < 1.29 is 4.79 Å². The number of carbonyl (C=O) groups is 1. The van der Waals surface area contributed by atoms with Crippen molar-refractivity contribution in [2.24, 2.45) is 5.92 Å². The van der Waals surface area contributed by atoms with Crippen LogP contribution >= 0.6 is 0 Å². The minimum Gasteiger partial charge on any atom is -0.339 e. The van der Waals surface area contributed by atoms with Crippen LogP contribution in [-0.4, -0.2) is 44.5 Å². The van der Waals surface area contributed by atoms with Crippen LogP contribution in [0.3, 0.4) is 0 Å². The van der Waals surface area contributed by atoms with Crippen molar-refractivity contribution in [2.75, 3.05) is 13.1 Å². The zero-order chi connectivity index (χ0) is 13.9. The Bertz CT molecular complexity index is 570. The second kappa shape index (κ2) is 5.40. The Balaban J connectivity index is 1.73. The molecule has 1 N–H and O–H groups in total. The van der Waals surface area contributed by atoms with E-state index in [1.807, 2.05) is 29.2 Å². The predicted molar refractivity (Wildman–Crippen MR) is 73.9 cm³/mol. The fraction of sp³-hybridized carbons (Fsp3) is 0.429. The first-order valence-electron chi connectivity index (χ1n) is 6.87. The first kappa shape index (κ1) is 12.8. The van der Waals surface area contributed by atoms with E-state index in [-0.39, 0.29) is 5.91 Å². The number of piperidine rings is 1. The van der Waals surface area contributed by atoms with Gasteiger partial charge in [0, 0.05) is 24.2 Å². The third kappa shape index (κ3) is 2.54. The molecule has 2 aromatic rings. The molecule has 0 atom stereocenters. The summed E-state index contributed by atoms with van der Waals surface area (Å²) < 4.78 is 0. The molecule has 1 aliphatic rings. The summed E-state index contributed by atoms with van der Waals surface area (Å²) in [5, 5.41) is 13.8. The molecular formula is C14H17N5O. The van der Waals surface area contributed by atoms with Gasteiger partial charge in [0.1, 0.15) is 0 Å². The van der Waals surface area contributed by atoms with Gasteiger partial charge in [0.2, 0.25) is 5.82 Å². The Morgan fingerprint density at radius 1 is 1.25 bits per heavy atom. The molecule has 2 heterocycles. The quantitative estimate of drug-likeness (QED) is 0.902. The average Bonchev–Trinajstić information content (AvgIpc) is 3.02. The SMILES string of the molecule is CC1CCN(C(=O)c2ccc(-c3nn[nH]n3)cc2)CC1. The van der Waals surface area contributed by atoms with E-state index in [4.69, 9.17) is 0 Å². The molecule has 0 aliphatic carbocycles. The number of H-pyrrole nitrogens is 1. The first-order chi connectivity index (χ1) is 9.74. The third-order valence-electron chi connectivity index (χ3n) is 3.81. The number of amides is 1. The molecule has 1 amide bonds. The van der Waals surface area contributed by atoms with Crippen LogP contribution in [0.25, 0.3) is 11.4 Å². The maximum Gasteiger partial charge on any atom is 0.253 e. The monoisotopic (exact) mass is 271 g/mol. The third-order valence-corrected chi connectivity index (χ3v) is 3.81. The van der Waals surface area contributed by atoms with Crippen LogP contribution in [0.4, 0.5) is 0 Å². The smallest absolute Gasteiger partial charge is 0.253 e. The van der Waals surface area contributed by atoms with Crippen LogP contribution in [0.2, 0.25) is 0 Å². The Morgan fingerprint density at radius 3 is 2.55 bits per heavy atom. The van der Waals surface area contributed by atoms with Crippen LogP contribution < -0.4 is 0 Å². The van der Waals surface area contributed by atoms with E-state index in [1.165, 1.54) is 0 Å². The molecular weight excluding hydrogens is 254 g/mol. The van der Waals surface area contributed by atoms with Crippen molar-refractivity contribution in [1.82, 2.24) is 25.5 Å². The molecule has 3 rings (SSSR count). The van der Waals surface area contributed by atoms with Gasteiger partial charge >= 0.3 is 0 Å². The van der Waals surface area contributed by atoms with E-state index in [1.54, 1.807) is 0 Å².